The van der Waals surface area contributed by atoms with Gasteiger partial charge in [0.05, 0.1) is 0 Å². The van der Waals surface area contributed by atoms with E-state index in [9.17, 15) is 8.42 Å². The molecule has 20 heavy (non-hydrogen) atoms. The average molecular weight is 298 g/mol. The summed E-state index contributed by atoms with van der Waals surface area (Å²) in [4.78, 5) is 4.22. The Morgan fingerprint density at radius 2 is 2.15 bits per heavy atom. The van der Waals surface area contributed by atoms with Crippen LogP contribution in [-0.2, 0) is 10.2 Å². The van der Waals surface area contributed by atoms with Gasteiger partial charge in [-0.05, 0) is 44.4 Å². The number of nitrogens with two attached hydrogens (primary N) is 1. The minimum absolute atomic E-state index is 0.118. The van der Waals surface area contributed by atoms with Crippen LogP contribution >= 0.6 is 0 Å². The Hall–Kier alpha value is -1.18. The number of aryl methyl sites for hydroxylation is 2. The molecule has 1 unspecified atom stereocenters. The largest absolute Gasteiger partial charge is 0.329 e. The summed E-state index contributed by atoms with van der Waals surface area (Å²) in [5, 5.41) is 0. The van der Waals surface area contributed by atoms with Gasteiger partial charge in [-0.15, -0.1) is 0 Å². The zero-order chi connectivity index (χ0) is 14.8. The van der Waals surface area contributed by atoms with Gasteiger partial charge in [0.15, 0.2) is 0 Å². The van der Waals surface area contributed by atoms with E-state index < -0.39 is 10.2 Å². The predicted octanol–water partition coefficient (Wildman–Crippen LogP) is 1.17. The fourth-order valence-electron chi connectivity index (χ4n) is 2.61. The molecule has 0 amide bonds. The molecule has 1 aromatic heterocycles. The van der Waals surface area contributed by atoms with Gasteiger partial charge in [0.1, 0.15) is 5.82 Å². The van der Waals surface area contributed by atoms with Crippen LogP contribution in [0.25, 0.3) is 0 Å². The number of pyridine rings is 1. The highest BCUT2D eigenvalue weighted by atomic mass is 32.2. The molecule has 1 atom stereocenters. The predicted molar refractivity (Wildman–Crippen MR) is 79.7 cm³/mol. The minimum atomic E-state index is -3.59. The first-order valence-electron chi connectivity index (χ1n) is 6.87. The third-order valence-corrected chi connectivity index (χ3v) is 5.05. The topological polar surface area (TPSA) is 88.3 Å². The maximum Gasteiger partial charge on any atom is 0.303 e. The smallest absolute Gasteiger partial charge is 0.303 e. The Morgan fingerprint density at radius 3 is 2.80 bits per heavy atom. The van der Waals surface area contributed by atoms with Gasteiger partial charge < -0.3 is 5.73 Å². The molecule has 1 aromatic rings. The standard InChI is InChI=1S/C13H22N4O2S/c1-10-7-11(2)15-13(8-10)16-20(18,19)17-6-4-3-5-12(17)9-14/h7-8,12H,3-6,9,14H2,1-2H3,(H,15,16). The molecule has 0 aliphatic carbocycles. The van der Waals surface area contributed by atoms with E-state index in [1.54, 1.807) is 6.07 Å². The molecular weight excluding hydrogens is 276 g/mol. The second-order valence-corrected chi connectivity index (χ2v) is 6.90. The number of nitrogens with zero attached hydrogens (tertiary/aromatic N) is 2. The van der Waals surface area contributed by atoms with E-state index in [1.807, 2.05) is 19.9 Å². The highest BCUT2D eigenvalue weighted by molar-refractivity contribution is 7.90. The second kappa shape index (κ2) is 6.07. The van der Waals surface area contributed by atoms with Gasteiger partial charge in [0.25, 0.3) is 0 Å². The van der Waals surface area contributed by atoms with Crippen molar-refractivity contribution >= 4 is 16.0 Å². The molecular formula is C13H22N4O2S. The molecule has 112 valence electrons. The lowest BCUT2D eigenvalue weighted by atomic mass is 10.1. The summed E-state index contributed by atoms with van der Waals surface area (Å²) < 4.78 is 29.0. The molecule has 1 fully saturated rings. The van der Waals surface area contributed by atoms with Crippen LogP contribution in [0.1, 0.15) is 30.5 Å². The van der Waals surface area contributed by atoms with Crippen molar-refractivity contribution in [3.63, 3.8) is 0 Å². The van der Waals surface area contributed by atoms with E-state index in [2.05, 4.69) is 9.71 Å². The Morgan fingerprint density at radius 1 is 1.40 bits per heavy atom. The zero-order valence-electron chi connectivity index (χ0n) is 12.0. The lowest BCUT2D eigenvalue weighted by molar-refractivity contribution is 0.259. The van der Waals surface area contributed by atoms with Crippen molar-refractivity contribution in [2.24, 2.45) is 5.73 Å². The highest BCUT2D eigenvalue weighted by Gasteiger charge is 2.31. The zero-order valence-corrected chi connectivity index (χ0v) is 12.8. The van der Waals surface area contributed by atoms with Crippen molar-refractivity contribution in [1.29, 1.82) is 0 Å². The SMILES string of the molecule is Cc1cc(C)nc(NS(=O)(=O)N2CCCCC2CN)c1. The van der Waals surface area contributed by atoms with Crippen LogP contribution in [0.4, 0.5) is 5.82 Å². The number of piperidine rings is 1. The lowest BCUT2D eigenvalue weighted by Gasteiger charge is -2.33. The van der Waals surface area contributed by atoms with Crippen molar-refractivity contribution in [3.8, 4) is 0 Å². The molecule has 2 heterocycles. The van der Waals surface area contributed by atoms with E-state index in [0.717, 1.165) is 30.5 Å². The van der Waals surface area contributed by atoms with Crippen LogP contribution in [0, 0.1) is 13.8 Å². The fourth-order valence-corrected chi connectivity index (χ4v) is 4.05. The second-order valence-electron chi connectivity index (χ2n) is 5.27. The maximum absolute atomic E-state index is 12.5. The Kier molecular flexibility index (Phi) is 4.62. The van der Waals surface area contributed by atoms with Crippen LogP contribution < -0.4 is 10.5 Å². The molecule has 0 spiro atoms. The monoisotopic (exact) mass is 298 g/mol. The molecule has 3 N–H and O–H groups in total. The van der Waals surface area contributed by atoms with Crippen LogP contribution in [0.5, 0.6) is 0 Å². The number of nitrogens with one attached hydrogen (secondary N) is 1. The summed E-state index contributed by atoms with van der Waals surface area (Å²) in [7, 11) is -3.59. The van der Waals surface area contributed by atoms with Crippen molar-refractivity contribution in [2.75, 3.05) is 17.8 Å². The van der Waals surface area contributed by atoms with Crippen molar-refractivity contribution < 1.29 is 8.42 Å². The van der Waals surface area contributed by atoms with Gasteiger partial charge in [-0.25, -0.2) is 4.98 Å². The van der Waals surface area contributed by atoms with Crippen molar-refractivity contribution in [1.82, 2.24) is 9.29 Å². The van der Waals surface area contributed by atoms with Gasteiger partial charge in [0.2, 0.25) is 0 Å². The maximum atomic E-state index is 12.5. The summed E-state index contributed by atoms with van der Waals surface area (Å²) in [5.41, 5.74) is 7.45. The molecule has 0 saturated carbocycles. The van der Waals surface area contributed by atoms with Gasteiger partial charge in [0, 0.05) is 24.8 Å². The van der Waals surface area contributed by atoms with Crippen LogP contribution in [0.2, 0.25) is 0 Å². The normalized spacial score (nSPS) is 20.9. The summed E-state index contributed by atoms with van der Waals surface area (Å²) in [6, 6.07) is 3.51. The third kappa shape index (κ3) is 3.47. The summed E-state index contributed by atoms with van der Waals surface area (Å²) in [6.07, 6.45) is 2.71. The molecule has 0 aromatic carbocycles. The minimum Gasteiger partial charge on any atom is -0.329 e. The van der Waals surface area contributed by atoms with Gasteiger partial charge >= 0.3 is 10.2 Å². The third-order valence-electron chi connectivity index (χ3n) is 3.49. The fraction of sp³-hybridized carbons (Fsp3) is 0.615. The molecule has 2 rings (SSSR count). The van der Waals surface area contributed by atoms with E-state index in [0.29, 0.717) is 18.9 Å². The van der Waals surface area contributed by atoms with Crippen LogP contribution in [-0.4, -0.2) is 36.8 Å². The van der Waals surface area contributed by atoms with Crippen molar-refractivity contribution in [2.45, 2.75) is 39.2 Å². The number of rotatable bonds is 4. The summed E-state index contributed by atoms with van der Waals surface area (Å²) >= 11 is 0. The molecule has 1 aliphatic heterocycles. The molecule has 6 nitrogen and oxygen atoms in total. The Bertz CT molecular complexity index is 553. The quantitative estimate of drug-likeness (QED) is 0.873. The average Bonchev–Trinajstić information content (AvgIpc) is 2.36. The van der Waals surface area contributed by atoms with E-state index >= 15 is 0 Å². The van der Waals surface area contributed by atoms with E-state index in [-0.39, 0.29) is 6.04 Å². The summed E-state index contributed by atoms with van der Waals surface area (Å²) in [5.74, 6) is 0.365. The Balaban J connectivity index is 2.21. The number of hydrogen-bond acceptors (Lipinski definition) is 4. The molecule has 0 bridgehead atoms. The molecule has 1 saturated heterocycles. The van der Waals surface area contributed by atoms with Gasteiger partial charge in [-0.1, -0.05) is 6.42 Å². The molecule has 1 aliphatic rings. The van der Waals surface area contributed by atoms with Crippen molar-refractivity contribution in [3.05, 3.63) is 23.4 Å². The van der Waals surface area contributed by atoms with Gasteiger partial charge in [-0.3, -0.25) is 4.72 Å². The number of aromatic nitrogens is 1. The lowest BCUT2D eigenvalue weighted by Crippen LogP contribution is -2.49. The van der Waals surface area contributed by atoms with Crippen LogP contribution in [0.15, 0.2) is 12.1 Å². The van der Waals surface area contributed by atoms with E-state index in [1.165, 1.54) is 4.31 Å². The first kappa shape index (κ1) is 15.2. The molecule has 7 heteroatoms. The Labute approximate surface area is 120 Å². The number of anilines is 1. The first-order valence-corrected chi connectivity index (χ1v) is 8.31. The van der Waals surface area contributed by atoms with E-state index in [4.69, 9.17) is 5.73 Å². The number of hydrogen-bond donors (Lipinski definition) is 2. The van der Waals surface area contributed by atoms with Crippen LogP contribution in [0.3, 0.4) is 0 Å². The molecule has 0 radical (unpaired) electrons. The first-order chi connectivity index (χ1) is 9.42. The van der Waals surface area contributed by atoms with Gasteiger partial charge in [-0.2, -0.15) is 12.7 Å². The summed E-state index contributed by atoms with van der Waals surface area (Å²) in [6.45, 7) is 4.62. The highest BCUT2D eigenvalue weighted by Crippen LogP contribution is 2.21.